The molecule has 0 amide bonds. The van der Waals surface area contributed by atoms with Crippen molar-refractivity contribution in [2.45, 2.75) is 47.1 Å². The lowest BCUT2D eigenvalue weighted by Crippen LogP contribution is -2.11. The number of carbonyl (C=O) groups excluding carboxylic acids is 1. The third kappa shape index (κ3) is 5.11. The Kier molecular flexibility index (Phi) is 6.76. The maximum Gasteiger partial charge on any atom is 0.200 e. The lowest BCUT2D eigenvalue weighted by atomic mass is 10.0. The Morgan fingerprint density at radius 1 is 1.05 bits per heavy atom. The Bertz CT molecular complexity index is 1580. The summed E-state index contributed by atoms with van der Waals surface area (Å²) in [5, 5.41) is 16.1. The van der Waals surface area contributed by atoms with Crippen LogP contribution in [0.5, 0.6) is 0 Å². The first kappa shape index (κ1) is 24.6. The van der Waals surface area contributed by atoms with Crippen LogP contribution in [0.3, 0.4) is 0 Å². The second kappa shape index (κ2) is 10.1. The van der Waals surface area contributed by atoms with E-state index in [2.05, 4.69) is 30.6 Å². The Morgan fingerprint density at radius 2 is 1.89 bits per heavy atom. The van der Waals surface area contributed by atoms with E-state index in [1.807, 2.05) is 70.2 Å². The van der Waals surface area contributed by atoms with E-state index in [1.54, 1.807) is 0 Å². The van der Waals surface area contributed by atoms with Crippen LogP contribution in [0.25, 0.3) is 22.0 Å². The highest BCUT2D eigenvalue weighted by Gasteiger charge is 2.18. The van der Waals surface area contributed by atoms with Gasteiger partial charge in [-0.2, -0.15) is 5.10 Å². The highest BCUT2D eigenvalue weighted by Crippen LogP contribution is 2.32. The lowest BCUT2D eigenvalue weighted by molar-refractivity contribution is 0.0973. The van der Waals surface area contributed by atoms with E-state index in [-0.39, 0.29) is 18.0 Å². The van der Waals surface area contributed by atoms with Gasteiger partial charge < -0.3 is 9.84 Å². The number of aryl methyl sites for hydroxylation is 4. The predicted molar refractivity (Wildman–Crippen MR) is 144 cm³/mol. The zero-order valence-electron chi connectivity index (χ0n) is 21.1. The number of fused-ring (bicyclic) bond motifs is 1. The molecule has 5 rings (SSSR count). The zero-order valence-corrected chi connectivity index (χ0v) is 21.9. The second-order valence-electron chi connectivity index (χ2n) is 9.15. The summed E-state index contributed by atoms with van der Waals surface area (Å²) in [6.07, 6.45) is 0.863. The molecule has 0 saturated carbocycles. The van der Waals surface area contributed by atoms with Gasteiger partial charge >= 0.3 is 0 Å². The van der Waals surface area contributed by atoms with Crippen molar-refractivity contribution in [3.8, 4) is 11.1 Å². The van der Waals surface area contributed by atoms with E-state index in [0.29, 0.717) is 29.3 Å². The molecule has 0 aliphatic heterocycles. The Labute approximate surface area is 219 Å². The van der Waals surface area contributed by atoms with Crippen LogP contribution in [-0.4, -0.2) is 31.1 Å². The number of H-pyrrole nitrogens is 1. The molecular formula is C28H27ClN6O2. The van der Waals surface area contributed by atoms with E-state index in [0.717, 1.165) is 50.5 Å². The molecule has 0 saturated heterocycles. The number of nitrogens with zero attached hydrogens (tertiary/aromatic N) is 4. The average Bonchev–Trinajstić information content (AvgIpc) is 3.39. The first-order valence-corrected chi connectivity index (χ1v) is 12.4. The Morgan fingerprint density at radius 3 is 2.59 bits per heavy atom. The van der Waals surface area contributed by atoms with Gasteiger partial charge in [0.05, 0.1) is 16.9 Å². The van der Waals surface area contributed by atoms with Crippen molar-refractivity contribution in [2.24, 2.45) is 0 Å². The number of nitrogens with one attached hydrogen (secondary N) is 2. The highest BCUT2D eigenvalue weighted by atomic mass is 35.5. The number of hydrogen-bond acceptors (Lipinski definition) is 7. The van der Waals surface area contributed by atoms with Crippen LogP contribution >= 0.6 is 11.6 Å². The van der Waals surface area contributed by atoms with Gasteiger partial charge in [-0.25, -0.2) is 9.97 Å². The third-order valence-corrected chi connectivity index (χ3v) is 6.73. The standard InChI is InChI=1S/C28H27ClN6O2/c1-15-22(16(2)34-33-15)9-11-25(36)28-31-24-10-8-20(26-17(3)35-37-18(26)4)13-23(24)27(32-28)30-14-19-6-5-7-21(29)12-19/h5-8,10,12-13H,9,11,14H2,1-4H3,(H,33,34)(H,30,31,32). The van der Waals surface area contributed by atoms with Gasteiger partial charge in [-0.05, 0) is 75.1 Å². The number of anilines is 1. The summed E-state index contributed by atoms with van der Waals surface area (Å²) >= 11 is 6.18. The van der Waals surface area contributed by atoms with E-state index in [4.69, 9.17) is 16.1 Å². The number of ketones is 1. The molecule has 3 aromatic heterocycles. The number of rotatable bonds is 8. The molecular weight excluding hydrogens is 488 g/mol. The molecule has 0 radical (unpaired) electrons. The van der Waals surface area contributed by atoms with Gasteiger partial charge in [0.1, 0.15) is 11.6 Å². The summed E-state index contributed by atoms with van der Waals surface area (Å²) in [4.78, 5) is 22.5. The third-order valence-electron chi connectivity index (χ3n) is 6.50. The number of benzene rings is 2. The molecule has 0 bridgehead atoms. The molecule has 8 nitrogen and oxygen atoms in total. The number of carbonyl (C=O) groups is 1. The summed E-state index contributed by atoms with van der Waals surface area (Å²) in [7, 11) is 0. The minimum absolute atomic E-state index is 0.123. The normalized spacial score (nSPS) is 11.3. The smallest absolute Gasteiger partial charge is 0.200 e. The van der Waals surface area contributed by atoms with Crippen LogP contribution in [0.2, 0.25) is 5.02 Å². The van der Waals surface area contributed by atoms with Gasteiger partial charge in [-0.1, -0.05) is 35.0 Å². The van der Waals surface area contributed by atoms with E-state index in [9.17, 15) is 4.79 Å². The quantitative estimate of drug-likeness (QED) is 0.233. The molecule has 0 fully saturated rings. The topological polar surface area (TPSA) is 110 Å². The summed E-state index contributed by atoms with van der Waals surface area (Å²) in [6, 6.07) is 13.5. The molecule has 5 aromatic rings. The molecule has 0 unspecified atom stereocenters. The largest absolute Gasteiger partial charge is 0.365 e. The molecule has 0 atom stereocenters. The SMILES string of the molecule is Cc1n[nH]c(C)c1CCC(=O)c1nc(NCc2cccc(Cl)c2)c2cc(-c3c(C)noc3C)ccc2n1. The summed E-state index contributed by atoms with van der Waals surface area (Å²) in [6.45, 7) is 8.18. The first-order valence-electron chi connectivity index (χ1n) is 12.1. The van der Waals surface area contributed by atoms with E-state index < -0.39 is 0 Å². The van der Waals surface area contributed by atoms with Gasteiger partial charge in [-0.15, -0.1) is 0 Å². The van der Waals surface area contributed by atoms with Gasteiger partial charge in [0.25, 0.3) is 0 Å². The molecule has 188 valence electrons. The molecule has 37 heavy (non-hydrogen) atoms. The van der Waals surface area contributed by atoms with Crippen LogP contribution < -0.4 is 5.32 Å². The fourth-order valence-electron chi connectivity index (χ4n) is 4.56. The van der Waals surface area contributed by atoms with Crippen molar-refractivity contribution < 1.29 is 9.32 Å². The molecule has 0 aliphatic rings. The van der Waals surface area contributed by atoms with Crippen LogP contribution in [0.15, 0.2) is 47.0 Å². The number of hydrogen-bond donors (Lipinski definition) is 2. The van der Waals surface area contributed by atoms with Gasteiger partial charge in [0.15, 0.2) is 11.6 Å². The lowest BCUT2D eigenvalue weighted by Gasteiger charge is -2.12. The maximum atomic E-state index is 13.2. The number of Topliss-reactive ketones (excluding diaryl/α,β-unsaturated/α-hetero) is 1. The number of halogens is 1. The highest BCUT2D eigenvalue weighted by molar-refractivity contribution is 6.30. The van der Waals surface area contributed by atoms with Crippen molar-refractivity contribution in [3.63, 3.8) is 0 Å². The fourth-order valence-corrected chi connectivity index (χ4v) is 4.78. The van der Waals surface area contributed by atoms with Crippen LogP contribution in [0.1, 0.15) is 51.0 Å². The Hall–Kier alpha value is -4.04. The summed E-state index contributed by atoms with van der Waals surface area (Å²) in [5.74, 6) is 1.38. The minimum Gasteiger partial charge on any atom is -0.365 e. The van der Waals surface area contributed by atoms with Crippen molar-refractivity contribution >= 4 is 34.1 Å². The molecule has 0 aliphatic carbocycles. The molecule has 0 spiro atoms. The maximum absolute atomic E-state index is 13.2. The van der Waals surface area contributed by atoms with Crippen molar-refractivity contribution in [1.29, 1.82) is 0 Å². The average molecular weight is 515 g/mol. The monoisotopic (exact) mass is 514 g/mol. The van der Waals surface area contributed by atoms with E-state index >= 15 is 0 Å². The molecule has 3 heterocycles. The number of aromatic nitrogens is 5. The van der Waals surface area contributed by atoms with Crippen LogP contribution in [0, 0.1) is 27.7 Å². The van der Waals surface area contributed by atoms with Crippen LogP contribution in [-0.2, 0) is 13.0 Å². The van der Waals surface area contributed by atoms with Crippen molar-refractivity contribution in [1.82, 2.24) is 25.3 Å². The van der Waals surface area contributed by atoms with Gasteiger partial charge in [0, 0.05) is 34.6 Å². The second-order valence-corrected chi connectivity index (χ2v) is 9.58. The number of aromatic amines is 1. The van der Waals surface area contributed by atoms with Gasteiger partial charge in [-0.3, -0.25) is 9.89 Å². The molecule has 2 aromatic carbocycles. The minimum atomic E-state index is -0.123. The summed E-state index contributed by atoms with van der Waals surface area (Å²) < 4.78 is 5.37. The van der Waals surface area contributed by atoms with E-state index in [1.165, 1.54) is 0 Å². The van der Waals surface area contributed by atoms with Crippen LogP contribution in [0.4, 0.5) is 5.82 Å². The van der Waals surface area contributed by atoms with Crippen molar-refractivity contribution in [2.75, 3.05) is 5.32 Å². The van der Waals surface area contributed by atoms with Crippen molar-refractivity contribution in [3.05, 3.63) is 87.3 Å². The molecule has 9 heteroatoms. The Balaban J connectivity index is 1.51. The predicted octanol–water partition coefficient (Wildman–Crippen LogP) is 6.32. The first-order chi connectivity index (χ1) is 17.8. The fraction of sp³-hybridized carbons (Fsp3) is 0.250. The zero-order chi connectivity index (χ0) is 26.1. The van der Waals surface area contributed by atoms with Gasteiger partial charge in [0.2, 0.25) is 0 Å². The summed E-state index contributed by atoms with van der Waals surface area (Å²) in [5.41, 5.74) is 7.30. The molecule has 2 N–H and O–H groups in total.